The molecule has 0 atom stereocenters. The number of rotatable bonds is 8. The molecule has 40 heavy (non-hydrogen) atoms. The van der Waals surface area contributed by atoms with Crippen molar-refractivity contribution in [2.75, 3.05) is 7.11 Å². The van der Waals surface area contributed by atoms with Crippen LogP contribution in [0.1, 0.15) is 73.1 Å². The molecule has 0 heterocycles. The Morgan fingerprint density at radius 3 is 2.15 bits per heavy atom. The number of phenols is 1. The van der Waals surface area contributed by atoms with Gasteiger partial charge in [-0.2, -0.15) is 13.2 Å². The van der Waals surface area contributed by atoms with E-state index in [0.717, 1.165) is 28.3 Å². The zero-order valence-electron chi connectivity index (χ0n) is 23.3. The van der Waals surface area contributed by atoms with Crippen molar-refractivity contribution >= 4 is 11.9 Å². The molecule has 0 unspecified atom stereocenters. The number of esters is 2. The molecule has 214 valence electrons. The first-order chi connectivity index (χ1) is 18.6. The van der Waals surface area contributed by atoms with Crippen LogP contribution >= 0.6 is 0 Å². The van der Waals surface area contributed by atoms with Crippen molar-refractivity contribution in [2.24, 2.45) is 0 Å². The van der Waals surface area contributed by atoms with Gasteiger partial charge in [-0.3, -0.25) is 4.79 Å². The molecule has 0 saturated heterocycles. The van der Waals surface area contributed by atoms with Crippen LogP contribution in [-0.2, 0) is 33.5 Å². The third kappa shape index (κ3) is 7.55. The van der Waals surface area contributed by atoms with Gasteiger partial charge in [0.2, 0.25) is 0 Å². The Hall–Kier alpha value is -4.01. The van der Waals surface area contributed by atoms with E-state index in [2.05, 4.69) is 13.8 Å². The number of hydrogen-bond acceptors (Lipinski definition) is 6. The Balaban J connectivity index is 1.87. The van der Waals surface area contributed by atoms with E-state index in [9.17, 15) is 27.9 Å². The van der Waals surface area contributed by atoms with Gasteiger partial charge in [-0.25, -0.2) is 4.79 Å². The van der Waals surface area contributed by atoms with E-state index in [-0.39, 0.29) is 30.5 Å². The number of carbonyl (C=O) groups is 2. The normalized spacial score (nSPS) is 11.8. The first kappa shape index (κ1) is 30.5. The van der Waals surface area contributed by atoms with Crippen molar-refractivity contribution in [2.45, 2.75) is 65.3 Å². The number of benzene rings is 3. The molecule has 0 aliphatic rings. The highest BCUT2D eigenvalue weighted by Gasteiger charge is 2.37. The Labute approximate surface area is 231 Å². The van der Waals surface area contributed by atoms with Gasteiger partial charge in [0.25, 0.3) is 0 Å². The molecule has 0 aliphatic heterocycles. The lowest BCUT2D eigenvalue weighted by Crippen LogP contribution is -2.25. The lowest BCUT2D eigenvalue weighted by atomic mass is 9.90. The molecule has 0 radical (unpaired) electrons. The molecule has 3 rings (SSSR count). The molecule has 3 aromatic carbocycles. The molecule has 0 aliphatic carbocycles. The maximum atomic E-state index is 13.4. The fourth-order valence-corrected chi connectivity index (χ4v) is 4.13. The van der Waals surface area contributed by atoms with Crippen molar-refractivity contribution in [3.05, 3.63) is 82.4 Å². The molecule has 0 fully saturated rings. The number of methoxy groups -OCH3 is 1. The highest BCUT2D eigenvalue weighted by molar-refractivity contribution is 5.95. The lowest BCUT2D eigenvalue weighted by molar-refractivity contribution is -0.140. The fourth-order valence-electron chi connectivity index (χ4n) is 4.13. The largest absolute Gasteiger partial charge is 0.506 e. The van der Waals surface area contributed by atoms with Gasteiger partial charge < -0.3 is 19.3 Å². The van der Waals surface area contributed by atoms with Crippen molar-refractivity contribution in [3.8, 4) is 22.6 Å². The van der Waals surface area contributed by atoms with Crippen molar-refractivity contribution in [1.82, 2.24) is 0 Å². The summed E-state index contributed by atoms with van der Waals surface area (Å²) in [4.78, 5) is 24.4. The molecule has 1 N–H and O–H groups in total. The van der Waals surface area contributed by atoms with Gasteiger partial charge in [0, 0.05) is 5.56 Å². The van der Waals surface area contributed by atoms with Crippen LogP contribution in [-0.4, -0.2) is 29.8 Å². The first-order valence-corrected chi connectivity index (χ1v) is 12.7. The second-order valence-electron chi connectivity index (χ2n) is 10.6. The Morgan fingerprint density at radius 2 is 1.60 bits per heavy atom. The summed E-state index contributed by atoms with van der Waals surface area (Å²) in [6.07, 6.45) is -4.68. The Bertz CT molecular complexity index is 1370. The molecule has 0 amide bonds. The van der Waals surface area contributed by atoms with E-state index in [4.69, 9.17) is 14.2 Å². The summed E-state index contributed by atoms with van der Waals surface area (Å²) < 4.78 is 56.0. The molecule has 0 aromatic heterocycles. The van der Waals surface area contributed by atoms with Crippen molar-refractivity contribution in [3.63, 3.8) is 0 Å². The topological polar surface area (TPSA) is 82.1 Å². The number of carbonyl (C=O) groups excluding carboxylic acids is 2. The summed E-state index contributed by atoms with van der Waals surface area (Å²) in [5, 5.41) is 10.4. The van der Waals surface area contributed by atoms with Crippen LogP contribution in [0.5, 0.6) is 11.5 Å². The smallest absolute Gasteiger partial charge is 0.419 e. The number of alkyl halides is 3. The van der Waals surface area contributed by atoms with E-state index >= 15 is 0 Å². The minimum Gasteiger partial charge on any atom is -0.506 e. The van der Waals surface area contributed by atoms with Crippen LogP contribution < -0.4 is 4.74 Å². The second-order valence-corrected chi connectivity index (χ2v) is 10.6. The summed E-state index contributed by atoms with van der Waals surface area (Å²) in [5.74, 6) is -2.01. The van der Waals surface area contributed by atoms with Crippen LogP contribution in [0.3, 0.4) is 0 Å². The maximum Gasteiger partial charge on any atom is 0.419 e. The van der Waals surface area contributed by atoms with Gasteiger partial charge in [-0.05, 0) is 67.1 Å². The molecule has 9 heteroatoms. The summed E-state index contributed by atoms with van der Waals surface area (Å²) in [6, 6.07) is 14.7. The van der Waals surface area contributed by atoms with Gasteiger partial charge in [-0.1, -0.05) is 50.2 Å². The third-order valence-electron chi connectivity index (χ3n) is 6.05. The minimum absolute atomic E-state index is 0.0483. The first-order valence-electron chi connectivity index (χ1n) is 12.7. The predicted molar refractivity (Wildman–Crippen MR) is 144 cm³/mol. The predicted octanol–water partition coefficient (Wildman–Crippen LogP) is 7.45. The van der Waals surface area contributed by atoms with Crippen molar-refractivity contribution in [1.29, 1.82) is 0 Å². The number of phenolic OH excluding ortho intramolecular Hbond substituents is 1. The van der Waals surface area contributed by atoms with Gasteiger partial charge in [-0.15, -0.1) is 0 Å². The van der Waals surface area contributed by atoms with E-state index in [1.165, 1.54) is 7.11 Å². The zero-order valence-corrected chi connectivity index (χ0v) is 23.3. The summed E-state index contributed by atoms with van der Waals surface area (Å²) in [6.45, 7) is 8.55. The average Bonchev–Trinajstić information content (AvgIpc) is 2.85. The molecule has 0 saturated carbocycles. The molecule has 0 bridgehead atoms. The summed E-state index contributed by atoms with van der Waals surface area (Å²) >= 11 is 0. The number of aromatic hydroxyl groups is 1. The monoisotopic (exact) mass is 558 g/mol. The van der Waals surface area contributed by atoms with Gasteiger partial charge >= 0.3 is 18.1 Å². The fraction of sp³-hybridized carbons (Fsp3) is 0.355. The third-order valence-corrected chi connectivity index (χ3v) is 6.05. The van der Waals surface area contributed by atoms with E-state index < -0.39 is 34.6 Å². The van der Waals surface area contributed by atoms with Crippen LogP contribution in [0.4, 0.5) is 13.2 Å². The second kappa shape index (κ2) is 12.0. The van der Waals surface area contributed by atoms with Crippen LogP contribution in [0, 0.1) is 0 Å². The molecule has 6 nitrogen and oxygen atoms in total. The molecule has 0 spiro atoms. The number of hydrogen-bond donors (Lipinski definition) is 1. The Morgan fingerprint density at radius 1 is 0.950 bits per heavy atom. The quantitative estimate of drug-likeness (QED) is 0.289. The van der Waals surface area contributed by atoms with Crippen LogP contribution in [0.25, 0.3) is 11.1 Å². The van der Waals surface area contributed by atoms with Gasteiger partial charge in [0.1, 0.15) is 29.3 Å². The van der Waals surface area contributed by atoms with Gasteiger partial charge in [0.05, 0.1) is 19.1 Å². The van der Waals surface area contributed by atoms with E-state index in [1.807, 2.05) is 30.3 Å². The van der Waals surface area contributed by atoms with Crippen LogP contribution in [0.15, 0.2) is 54.6 Å². The molecule has 3 aromatic rings. The van der Waals surface area contributed by atoms with E-state index in [0.29, 0.717) is 11.8 Å². The maximum absolute atomic E-state index is 13.4. The standard InChI is InChI=1S/C31H33F3O6/c1-18(2)24-15-19(16-26(35)38-6)7-13-23(24)20-8-11-22(12-9-20)39-17-21-10-14-25(31(32,33)34)28(36)27(21)29(37)40-30(3,4)5/h7-15,18,36H,16-17H2,1-6H3. The summed E-state index contributed by atoms with van der Waals surface area (Å²) in [5.41, 5.74) is 0.925. The zero-order chi connectivity index (χ0) is 29.8. The highest BCUT2D eigenvalue weighted by Crippen LogP contribution is 2.40. The number of halogens is 3. The minimum atomic E-state index is -4.86. The number of ether oxygens (including phenoxy) is 3. The molecular formula is C31H33F3O6. The Kier molecular flexibility index (Phi) is 9.18. The highest BCUT2D eigenvalue weighted by atomic mass is 19.4. The lowest BCUT2D eigenvalue weighted by Gasteiger charge is -2.22. The van der Waals surface area contributed by atoms with E-state index in [1.54, 1.807) is 32.9 Å². The summed E-state index contributed by atoms with van der Waals surface area (Å²) in [7, 11) is 1.35. The van der Waals surface area contributed by atoms with Crippen molar-refractivity contribution < 1.29 is 42.1 Å². The SMILES string of the molecule is COC(=O)Cc1ccc(-c2ccc(OCc3ccc(C(F)(F)F)c(O)c3C(=O)OC(C)(C)C)cc2)c(C(C)C)c1. The van der Waals surface area contributed by atoms with Crippen LogP contribution in [0.2, 0.25) is 0 Å². The average molecular weight is 559 g/mol. The van der Waals surface area contributed by atoms with Gasteiger partial charge in [0.15, 0.2) is 0 Å². The molecular weight excluding hydrogens is 525 g/mol.